The van der Waals surface area contributed by atoms with Gasteiger partial charge in [0.25, 0.3) is 0 Å². The highest BCUT2D eigenvalue weighted by molar-refractivity contribution is 5.79. The van der Waals surface area contributed by atoms with Gasteiger partial charge < -0.3 is 10.6 Å². The molecule has 0 aromatic heterocycles. The van der Waals surface area contributed by atoms with Crippen molar-refractivity contribution in [1.29, 1.82) is 0 Å². The van der Waals surface area contributed by atoms with E-state index in [0.29, 0.717) is 29.3 Å². The number of carbonyl (C=O) groups excluding carboxylic acids is 1. The first kappa shape index (κ1) is 13.9. The number of hydrogen-bond donors (Lipinski definition) is 1. The van der Waals surface area contributed by atoms with Gasteiger partial charge in [0.05, 0.1) is 0 Å². The van der Waals surface area contributed by atoms with Crippen molar-refractivity contribution in [2.45, 2.75) is 59.4 Å². The molecule has 2 N–H and O–H groups in total. The first-order chi connectivity index (χ1) is 8.26. The predicted octanol–water partition coefficient (Wildman–Crippen LogP) is 2.40. The molecule has 2 aliphatic rings. The molecule has 3 unspecified atom stereocenters. The van der Waals surface area contributed by atoms with E-state index in [2.05, 4.69) is 25.7 Å². The van der Waals surface area contributed by atoms with Crippen LogP contribution in [-0.2, 0) is 4.79 Å². The highest BCUT2D eigenvalue weighted by Crippen LogP contribution is 2.52. The van der Waals surface area contributed by atoms with Gasteiger partial charge >= 0.3 is 0 Å². The number of hydrogen-bond acceptors (Lipinski definition) is 2. The summed E-state index contributed by atoms with van der Waals surface area (Å²) in [5.41, 5.74) is 6.29. The third-order valence-corrected chi connectivity index (χ3v) is 4.72. The lowest BCUT2D eigenvalue weighted by molar-refractivity contribution is -0.136. The van der Waals surface area contributed by atoms with Crippen LogP contribution in [0.3, 0.4) is 0 Å². The van der Waals surface area contributed by atoms with E-state index < -0.39 is 0 Å². The molecule has 3 nitrogen and oxygen atoms in total. The summed E-state index contributed by atoms with van der Waals surface area (Å²) in [5.74, 6) is 0.410. The van der Waals surface area contributed by atoms with Gasteiger partial charge in [-0.25, -0.2) is 0 Å². The molecule has 0 aromatic rings. The molecule has 0 radical (unpaired) electrons. The number of rotatable bonds is 3. The minimum absolute atomic E-state index is 0.0843. The predicted molar refractivity (Wildman–Crippen MR) is 74.1 cm³/mol. The molecule has 2 bridgehead atoms. The largest absolute Gasteiger partial charge is 0.339 e. The van der Waals surface area contributed by atoms with Crippen LogP contribution in [0.5, 0.6) is 0 Å². The maximum atomic E-state index is 12.5. The molecular weight excluding hydrogens is 224 g/mol. The molecule has 1 aliphatic heterocycles. The lowest BCUT2D eigenvalue weighted by Crippen LogP contribution is -2.40. The zero-order valence-electron chi connectivity index (χ0n) is 12.3. The molecule has 1 saturated carbocycles. The maximum Gasteiger partial charge on any atom is 0.225 e. The van der Waals surface area contributed by atoms with E-state index in [4.69, 9.17) is 5.73 Å². The van der Waals surface area contributed by atoms with E-state index >= 15 is 0 Å². The summed E-state index contributed by atoms with van der Waals surface area (Å²) in [6.45, 7) is 10.6. The van der Waals surface area contributed by atoms with Gasteiger partial charge in [-0.15, -0.1) is 0 Å². The van der Waals surface area contributed by atoms with Gasteiger partial charge in [0, 0.05) is 18.5 Å². The summed E-state index contributed by atoms with van der Waals surface area (Å²) in [6.07, 6.45) is 4.40. The molecule has 2 fully saturated rings. The zero-order valence-corrected chi connectivity index (χ0v) is 12.3. The Bertz CT molecular complexity index is 339. The van der Waals surface area contributed by atoms with Crippen LogP contribution in [0.4, 0.5) is 0 Å². The van der Waals surface area contributed by atoms with Crippen LogP contribution in [0, 0.1) is 16.7 Å². The minimum Gasteiger partial charge on any atom is -0.339 e. The number of nitrogens with two attached hydrogens (primary N) is 1. The first-order valence-corrected chi connectivity index (χ1v) is 7.27. The van der Waals surface area contributed by atoms with Crippen molar-refractivity contribution < 1.29 is 4.79 Å². The van der Waals surface area contributed by atoms with E-state index in [-0.39, 0.29) is 5.92 Å². The fourth-order valence-electron chi connectivity index (χ4n) is 4.37. The van der Waals surface area contributed by atoms with Crippen LogP contribution >= 0.6 is 0 Å². The van der Waals surface area contributed by atoms with Gasteiger partial charge in [-0.05, 0) is 43.1 Å². The monoisotopic (exact) mass is 252 g/mol. The maximum absolute atomic E-state index is 12.5. The normalized spacial score (nSPS) is 35.6. The van der Waals surface area contributed by atoms with Gasteiger partial charge in [0.15, 0.2) is 0 Å². The van der Waals surface area contributed by atoms with Gasteiger partial charge in [0.1, 0.15) is 0 Å². The highest BCUT2D eigenvalue weighted by atomic mass is 16.2. The number of carbonyl (C=O) groups is 1. The standard InChI is InChI=1S/C15H28N2O/c1-11(5-6-16)13(18)17-10-15(4)8-12(17)7-14(2,3)9-15/h11-12H,5-10,16H2,1-4H3. The van der Waals surface area contributed by atoms with Gasteiger partial charge in [0.2, 0.25) is 5.91 Å². The zero-order chi connectivity index (χ0) is 13.6. The summed E-state index contributed by atoms with van der Waals surface area (Å²) >= 11 is 0. The third kappa shape index (κ3) is 2.56. The highest BCUT2D eigenvalue weighted by Gasteiger charge is 2.51. The summed E-state index contributed by atoms with van der Waals surface area (Å²) in [6, 6.07) is 0.464. The smallest absolute Gasteiger partial charge is 0.225 e. The Labute approximate surface area is 111 Å². The Balaban J connectivity index is 2.11. The van der Waals surface area contributed by atoms with Crippen molar-refractivity contribution in [3.63, 3.8) is 0 Å². The lowest BCUT2D eigenvalue weighted by atomic mass is 9.65. The van der Waals surface area contributed by atoms with Crippen LogP contribution in [0.1, 0.15) is 53.4 Å². The van der Waals surface area contributed by atoms with E-state index in [1.165, 1.54) is 12.8 Å². The fraction of sp³-hybridized carbons (Fsp3) is 0.933. The fourth-order valence-corrected chi connectivity index (χ4v) is 4.37. The second-order valence-electron chi connectivity index (χ2n) is 7.66. The molecule has 104 valence electrons. The minimum atomic E-state index is 0.0843. The summed E-state index contributed by atoms with van der Waals surface area (Å²) in [7, 11) is 0. The molecule has 3 atom stereocenters. The summed E-state index contributed by atoms with van der Waals surface area (Å²) < 4.78 is 0. The molecule has 1 amide bonds. The van der Waals surface area contributed by atoms with Gasteiger partial charge in [-0.2, -0.15) is 0 Å². The quantitative estimate of drug-likeness (QED) is 0.838. The summed E-state index contributed by atoms with van der Waals surface area (Å²) in [5, 5.41) is 0. The summed E-state index contributed by atoms with van der Waals surface area (Å²) in [4.78, 5) is 14.7. The topological polar surface area (TPSA) is 46.3 Å². The van der Waals surface area contributed by atoms with Crippen LogP contribution in [0.2, 0.25) is 0 Å². The molecule has 2 rings (SSSR count). The van der Waals surface area contributed by atoms with Crippen molar-refractivity contribution in [2.75, 3.05) is 13.1 Å². The third-order valence-electron chi connectivity index (χ3n) is 4.72. The first-order valence-electron chi connectivity index (χ1n) is 7.27. The van der Waals surface area contributed by atoms with Gasteiger partial charge in [-0.3, -0.25) is 4.79 Å². The van der Waals surface area contributed by atoms with Crippen molar-refractivity contribution in [1.82, 2.24) is 4.90 Å². The molecule has 1 saturated heterocycles. The Hall–Kier alpha value is -0.570. The number of fused-ring (bicyclic) bond motifs is 2. The second-order valence-corrected chi connectivity index (χ2v) is 7.66. The Morgan fingerprint density at radius 2 is 2.06 bits per heavy atom. The van der Waals surface area contributed by atoms with E-state index in [1.807, 2.05) is 6.92 Å². The number of likely N-dealkylation sites (tertiary alicyclic amines) is 1. The van der Waals surface area contributed by atoms with E-state index in [0.717, 1.165) is 19.4 Å². The number of nitrogens with zero attached hydrogens (tertiary/aromatic N) is 1. The average molecular weight is 252 g/mol. The van der Waals surface area contributed by atoms with Crippen LogP contribution < -0.4 is 5.73 Å². The number of amides is 1. The Morgan fingerprint density at radius 3 is 2.67 bits per heavy atom. The van der Waals surface area contributed by atoms with Crippen molar-refractivity contribution in [3.8, 4) is 0 Å². The van der Waals surface area contributed by atoms with E-state index in [9.17, 15) is 4.79 Å². The average Bonchev–Trinajstić information content (AvgIpc) is 2.47. The van der Waals surface area contributed by atoms with Crippen LogP contribution in [0.15, 0.2) is 0 Å². The molecular formula is C15H28N2O. The van der Waals surface area contributed by atoms with E-state index in [1.54, 1.807) is 0 Å². The van der Waals surface area contributed by atoms with Crippen LogP contribution in [-0.4, -0.2) is 29.9 Å². The molecule has 1 heterocycles. The molecule has 3 heteroatoms. The van der Waals surface area contributed by atoms with Crippen molar-refractivity contribution >= 4 is 5.91 Å². The Kier molecular flexibility index (Phi) is 3.48. The molecule has 1 aliphatic carbocycles. The van der Waals surface area contributed by atoms with Crippen LogP contribution in [0.25, 0.3) is 0 Å². The second kappa shape index (κ2) is 4.52. The molecule has 0 aromatic carbocycles. The molecule has 0 spiro atoms. The van der Waals surface area contributed by atoms with Gasteiger partial charge in [-0.1, -0.05) is 27.7 Å². The van der Waals surface area contributed by atoms with Crippen molar-refractivity contribution in [2.24, 2.45) is 22.5 Å². The lowest BCUT2D eigenvalue weighted by Gasteiger charge is -2.39. The SMILES string of the molecule is CC(CCN)C(=O)N1CC2(C)CC1CC(C)(C)C2. The Morgan fingerprint density at radius 1 is 1.39 bits per heavy atom. The van der Waals surface area contributed by atoms with Crippen molar-refractivity contribution in [3.05, 3.63) is 0 Å². The molecule has 18 heavy (non-hydrogen) atoms.